The number of benzene rings is 3. The summed E-state index contributed by atoms with van der Waals surface area (Å²) in [5.41, 5.74) is 3.68. The molecule has 0 aliphatic carbocycles. The Balaban J connectivity index is 1.37. The van der Waals surface area contributed by atoms with Crippen molar-refractivity contribution in [1.82, 2.24) is 19.8 Å². The van der Waals surface area contributed by atoms with E-state index in [4.69, 9.17) is 4.98 Å². The summed E-state index contributed by atoms with van der Waals surface area (Å²) in [5, 5.41) is 9.00. The zero-order chi connectivity index (χ0) is 26.4. The Morgan fingerprint density at radius 3 is 2.18 bits per heavy atom. The van der Waals surface area contributed by atoms with Gasteiger partial charge in [-0.1, -0.05) is 35.0 Å². The van der Waals surface area contributed by atoms with Gasteiger partial charge in [-0.15, -0.1) is 5.10 Å². The minimum absolute atomic E-state index is 0.0489. The molecule has 0 atom stereocenters. The summed E-state index contributed by atoms with van der Waals surface area (Å²) in [5.74, 6) is 0.759. The van der Waals surface area contributed by atoms with Crippen LogP contribution in [0.4, 0.5) is 11.5 Å². The second kappa shape index (κ2) is 9.21. The third kappa shape index (κ3) is 4.06. The number of rotatable bonds is 5. The van der Waals surface area contributed by atoms with E-state index in [1.807, 2.05) is 55.5 Å². The predicted octanol–water partition coefficient (Wildman–Crippen LogP) is 3.95. The molecule has 192 valence electrons. The first-order valence-corrected chi connectivity index (χ1v) is 13.9. The van der Waals surface area contributed by atoms with Crippen LogP contribution in [0.3, 0.4) is 0 Å². The zero-order valence-electron chi connectivity index (χ0n) is 21.1. The van der Waals surface area contributed by atoms with E-state index in [9.17, 15) is 13.2 Å². The third-order valence-corrected chi connectivity index (χ3v) is 8.67. The number of Topliss-reactive ketones (excluding diaryl/α,β-unsaturated/α-hetero) is 1. The first-order chi connectivity index (χ1) is 18.3. The molecule has 0 radical (unpaired) electrons. The average molecular weight is 527 g/mol. The van der Waals surface area contributed by atoms with Gasteiger partial charge >= 0.3 is 0 Å². The van der Waals surface area contributed by atoms with Gasteiger partial charge in [-0.2, -0.15) is 4.52 Å². The highest BCUT2D eigenvalue weighted by molar-refractivity contribution is 7.91. The van der Waals surface area contributed by atoms with Crippen molar-refractivity contribution in [3.8, 4) is 0 Å². The topological polar surface area (TPSA) is 101 Å². The molecule has 6 rings (SSSR count). The van der Waals surface area contributed by atoms with E-state index in [2.05, 4.69) is 20.1 Å². The Morgan fingerprint density at radius 1 is 0.842 bits per heavy atom. The predicted molar refractivity (Wildman–Crippen MR) is 146 cm³/mol. The molecule has 0 spiro atoms. The first-order valence-electron chi connectivity index (χ1n) is 12.4. The highest BCUT2D eigenvalue weighted by atomic mass is 32.2. The summed E-state index contributed by atoms with van der Waals surface area (Å²) in [6.45, 7) is 6.38. The summed E-state index contributed by atoms with van der Waals surface area (Å²) in [7, 11) is -3.92. The Morgan fingerprint density at radius 2 is 1.50 bits per heavy atom. The number of sulfone groups is 1. The molecule has 38 heavy (non-hydrogen) atoms. The molecule has 0 amide bonds. The van der Waals surface area contributed by atoms with Gasteiger partial charge in [-0.3, -0.25) is 4.79 Å². The van der Waals surface area contributed by atoms with Crippen molar-refractivity contribution in [2.75, 3.05) is 36.0 Å². The van der Waals surface area contributed by atoms with E-state index in [1.165, 1.54) is 4.52 Å². The molecule has 2 aromatic heterocycles. The van der Waals surface area contributed by atoms with Crippen LogP contribution < -0.4 is 9.80 Å². The molecule has 5 aromatic rings. The maximum Gasteiger partial charge on any atom is 0.229 e. The number of anilines is 2. The lowest BCUT2D eigenvalue weighted by atomic mass is 10.1. The molecule has 3 aromatic carbocycles. The summed E-state index contributed by atoms with van der Waals surface area (Å²) in [6, 6.07) is 22.1. The SMILES string of the molecule is CC(=O)c1ccc(N2CCN(c3nc4c(S(=O)(=O)c5ccc(C)cc5)nnn4c4ccccc34)CC2)cc1. The van der Waals surface area contributed by atoms with E-state index in [0.29, 0.717) is 24.5 Å². The Kier molecular flexibility index (Phi) is 5.83. The van der Waals surface area contributed by atoms with Gasteiger partial charge in [0, 0.05) is 42.8 Å². The van der Waals surface area contributed by atoms with Gasteiger partial charge < -0.3 is 9.80 Å². The molecule has 10 heteroatoms. The van der Waals surface area contributed by atoms with Crippen LogP contribution in [0, 0.1) is 6.92 Å². The summed E-state index contributed by atoms with van der Waals surface area (Å²) in [4.78, 5) is 21.1. The molecule has 1 saturated heterocycles. The van der Waals surface area contributed by atoms with Gasteiger partial charge in [0.15, 0.2) is 11.4 Å². The van der Waals surface area contributed by atoms with Gasteiger partial charge in [-0.05, 0) is 62.4 Å². The van der Waals surface area contributed by atoms with Crippen molar-refractivity contribution < 1.29 is 13.2 Å². The minimum atomic E-state index is -3.92. The van der Waals surface area contributed by atoms with Crippen LogP contribution in [0.5, 0.6) is 0 Å². The van der Waals surface area contributed by atoms with Gasteiger partial charge in [0.25, 0.3) is 0 Å². The number of hydrogen-bond acceptors (Lipinski definition) is 8. The van der Waals surface area contributed by atoms with E-state index >= 15 is 0 Å². The first kappa shape index (κ1) is 24.1. The van der Waals surface area contributed by atoms with Crippen LogP contribution in [0.25, 0.3) is 16.6 Å². The summed E-state index contributed by atoms with van der Waals surface area (Å²) < 4.78 is 28.5. The number of fused-ring (bicyclic) bond motifs is 3. The number of hydrogen-bond donors (Lipinski definition) is 0. The lowest BCUT2D eigenvalue weighted by Gasteiger charge is -2.37. The highest BCUT2D eigenvalue weighted by Crippen LogP contribution is 2.31. The fraction of sp³-hybridized carbons (Fsp3) is 0.214. The number of carbonyl (C=O) groups excluding carboxylic acids is 1. The maximum absolute atomic E-state index is 13.5. The Hall–Kier alpha value is -4.31. The van der Waals surface area contributed by atoms with Crippen molar-refractivity contribution >= 4 is 43.7 Å². The standard InChI is InChI=1S/C28H26N6O3S/c1-19-7-13-23(14-8-19)38(36,37)28-27-29-26(24-5-3-4-6-25(24)34(27)31-30-28)33-17-15-32(16-18-33)22-11-9-21(10-12-22)20(2)35/h3-14H,15-18H2,1-2H3. The molecule has 3 heterocycles. The van der Waals surface area contributed by atoms with Crippen LogP contribution in [0.2, 0.25) is 0 Å². The molecular weight excluding hydrogens is 500 g/mol. The number of aryl methyl sites for hydroxylation is 1. The minimum Gasteiger partial charge on any atom is -0.368 e. The van der Waals surface area contributed by atoms with E-state index in [-0.39, 0.29) is 21.4 Å². The zero-order valence-corrected chi connectivity index (χ0v) is 21.9. The summed E-state index contributed by atoms with van der Waals surface area (Å²) in [6.07, 6.45) is 0. The van der Waals surface area contributed by atoms with E-state index in [1.54, 1.807) is 31.2 Å². The second-order valence-electron chi connectivity index (χ2n) is 9.48. The number of para-hydroxylation sites is 1. The second-order valence-corrected chi connectivity index (χ2v) is 11.3. The van der Waals surface area contributed by atoms with Crippen LogP contribution in [0.15, 0.2) is 82.7 Å². The third-order valence-electron chi connectivity index (χ3n) is 7.01. The molecule has 1 aliphatic rings. The van der Waals surface area contributed by atoms with Crippen LogP contribution in [0.1, 0.15) is 22.8 Å². The fourth-order valence-electron chi connectivity index (χ4n) is 4.86. The van der Waals surface area contributed by atoms with Gasteiger partial charge in [-0.25, -0.2) is 13.4 Å². The fourth-order valence-corrected chi connectivity index (χ4v) is 6.09. The number of carbonyl (C=O) groups is 1. The largest absolute Gasteiger partial charge is 0.368 e. The normalized spacial score (nSPS) is 14.4. The number of aromatic nitrogens is 4. The molecular formula is C28H26N6O3S. The Labute approximate surface area is 220 Å². The highest BCUT2D eigenvalue weighted by Gasteiger charge is 2.28. The average Bonchev–Trinajstić information content (AvgIpc) is 3.38. The maximum atomic E-state index is 13.5. The molecule has 9 nitrogen and oxygen atoms in total. The molecule has 1 fully saturated rings. The molecule has 0 N–H and O–H groups in total. The smallest absolute Gasteiger partial charge is 0.229 e. The van der Waals surface area contributed by atoms with Crippen LogP contribution in [-0.2, 0) is 9.84 Å². The molecule has 0 bridgehead atoms. The number of nitrogens with zero attached hydrogens (tertiary/aromatic N) is 6. The number of piperazine rings is 1. The van der Waals surface area contributed by atoms with Crippen molar-refractivity contribution in [2.24, 2.45) is 0 Å². The van der Waals surface area contributed by atoms with Crippen molar-refractivity contribution in [2.45, 2.75) is 23.8 Å². The quantitative estimate of drug-likeness (QED) is 0.318. The molecule has 0 saturated carbocycles. The molecule has 0 unspecified atom stereocenters. The number of ketones is 1. The van der Waals surface area contributed by atoms with Crippen molar-refractivity contribution in [3.63, 3.8) is 0 Å². The lowest BCUT2D eigenvalue weighted by Crippen LogP contribution is -2.47. The van der Waals surface area contributed by atoms with Crippen LogP contribution in [-0.4, -0.2) is 60.2 Å². The van der Waals surface area contributed by atoms with E-state index in [0.717, 1.165) is 35.2 Å². The molecule has 1 aliphatic heterocycles. The monoisotopic (exact) mass is 526 g/mol. The van der Waals surface area contributed by atoms with Crippen LogP contribution >= 0.6 is 0 Å². The van der Waals surface area contributed by atoms with E-state index < -0.39 is 9.84 Å². The van der Waals surface area contributed by atoms with Gasteiger partial charge in [0.2, 0.25) is 14.9 Å². The summed E-state index contributed by atoms with van der Waals surface area (Å²) >= 11 is 0. The lowest BCUT2D eigenvalue weighted by molar-refractivity contribution is 0.101. The van der Waals surface area contributed by atoms with Gasteiger partial charge in [0.1, 0.15) is 5.82 Å². The van der Waals surface area contributed by atoms with Crippen molar-refractivity contribution in [3.05, 3.63) is 83.9 Å². The van der Waals surface area contributed by atoms with Gasteiger partial charge in [0.05, 0.1) is 10.4 Å². The van der Waals surface area contributed by atoms with Crippen molar-refractivity contribution in [1.29, 1.82) is 0 Å². The Bertz CT molecular complexity index is 1770.